The van der Waals surface area contributed by atoms with Crippen molar-refractivity contribution in [3.63, 3.8) is 0 Å². The maximum Gasteiger partial charge on any atom is 0.251 e. The van der Waals surface area contributed by atoms with Crippen LogP contribution >= 0.6 is 0 Å². The summed E-state index contributed by atoms with van der Waals surface area (Å²) in [6.45, 7) is 6.79. The van der Waals surface area contributed by atoms with Crippen molar-refractivity contribution >= 4 is 17.5 Å². The molecule has 0 aliphatic carbocycles. The van der Waals surface area contributed by atoms with Crippen LogP contribution in [0.3, 0.4) is 0 Å². The largest absolute Gasteiger partial charge is 0.376 e. The summed E-state index contributed by atoms with van der Waals surface area (Å²) >= 11 is 0. The van der Waals surface area contributed by atoms with Gasteiger partial charge in [0.25, 0.3) is 5.91 Å². The van der Waals surface area contributed by atoms with Gasteiger partial charge in [-0.25, -0.2) is 0 Å². The molecule has 2 amide bonds. The van der Waals surface area contributed by atoms with Crippen molar-refractivity contribution in [3.8, 4) is 0 Å². The molecule has 5 heteroatoms. The molecule has 116 valence electrons. The van der Waals surface area contributed by atoms with Gasteiger partial charge in [-0.2, -0.15) is 0 Å². The Morgan fingerprint density at radius 1 is 1.24 bits per heavy atom. The van der Waals surface area contributed by atoms with Crippen molar-refractivity contribution in [3.05, 3.63) is 29.8 Å². The SMILES string of the molecule is CCCCNC(=O)c1cccc(NCC(=O)NC(C)C)c1. The molecule has 0 spiro atoms. The lowest BCUT2D eigenvalue weighted by atomic mass is 10.2. The number of nitrogens with one attached hydrogen (secondary N) is 3. The molecule has 0 saturated heterocycles. The van der Waals surface area contributed by atoms with Gasteiger partial charge in [0.15, 0.2) is 0 Å². The van der Waals surface area contributed by atoms with Crippen molar-refractivity contribution in [1.29, 1.82) is 0 Å². The number of unbranched alkanes of at least 4 members (excludes halogenated alkanes) is 1. The second-order valence-corrected chi connectivity index (χ2v) is 5.27. The fourth-order valence-electron chi connectivity index (χ4n) is 1.81. The van der Waals surface area contributed by atoms with Crippen LogP contribution in [0.15, 0.2) is 24.3 Å². The summed E-state index contributed by atoms with van der Waals surface area (Å²) in [7, 11) is 0. The van der Waals surface area contributed by atoms with Crippen LogP contribution < -0.4 is 16.0 Å². The van der Waals surface area contributed by atoms with Crippen molar-refractivity contribution in [1.82, 2.24) is 10.6 Å². The molecule has 0 heterocycles. The second-order valence-electron chi connectivity index (χ2n) is 5.27. The highest BCUT2D eigenvalue weighted by Gasteiger charge is 2.07. The Kier molecular flexibility index (Phi) is 7.29. The van der Waals surface area contributed by atoms with Crippen LogP contribution in [-0.4, -0.2) is 30.9 Å². The lowest BCUT2D eigenvalue weighted by molar-refractivity contribution is -0.119. The average Bonchev–Trinajstić information content (AvgIpc) is 2.45. The van der Waals surface area contributed by atoms with E-state index in [1.165, 1.54) is 0 Å². The van der Waals surface area contributed by atoms with Gasteiger partial charge in [0, 0.05) is 23.8 Å². The smallest absolute Gasteiger partial charge is 0.251 e. The first-order chi connectivity index (χ1) is 10.0. The highest BCUT2D eigenvalue weighted by molar-refractivity contribution is 5.95. The molecular weight excluding hydrogens is 266 g/mol. The first-order valence-corrected chi connectivity index (χ1v) is 7.44. The van der Waals surface area contributed by atoms with Crippen LogP contribution in [0.1, 0.15) is 44.0 Å². The van der Waals surface area contributed by atoms with E-state index in [2.05, 4.69) is 22.9 Å². The number of hydrogen-bond acceptors (Lipinski definition) is 3. The maximum atomic E-state index is 11.9. The molecular formula is C16H25N3O2. The predicted octanol–water partition coefficient (Wildman–Crippen LogP) is 2.15. The van der Waals surface area contributed by atoms with E-state index in [4.69, 9.17) is 0 Å². The average molecular weight is 291 g/mol. The van der Waals surface area contributed by atoms with Crippen LogP contribution in [0.25, 0.3) is 0 Å². The third-order valence-corrected chi connectivity index (χ3v) is 2.84. The number of carbonyl (C=O) groups is 2. The molecule has 0 aliphatic rings. The van der Waals surface area contributed by atoms with Crippen molar-refractivity contribution in [2.24, 2.45) is 0 Å². The Morgan fingerprint density at radius 3 is 2.67 bits per heavy atom. The van der Waals surface area contributed by atoms with Crippen LogP contribution in [0.5, 0.6) is 0 Å². The Balaban J connectivity index is 2.52. The zero-order chi connectivity index (χ0) is 15.7. The van der Waals surface area contributed by atoms with Gasteiger partial charge in [0.2, 0.25) is 5.91 Å². The Labute approximate surface area is 126 Å². The van der Waals surface area contributed by atoms with Crippen LogP contribution in [0.2, 0.25) is 0 Å². The Bertz CT molecular complexity index is 472. The molecule has 0 atom stereocenters. The fraction of sp³-hybridized carbons (Fsp3) is 0.500. The number of hydrogen-bond donors (Lipinski definition) is 3. The van der Waals surface area contributed by atoms with E-state index in [1.807, 2.05) is 19.9 Å². The van der Waals surface area contributed by atoms with Gasteiger partial charge in [-0.15, -0.1) is 0 Å². The number of anilines is 1. The van der Waals surface area contributed by atoms with Gasteiger partial charge in [-0.3, -0.25) is 9.59 Å². The maximum absolute atomic E-state index is 11.9. The molecule has 0 aliphatic heterocycles. The first kappa shape index (κ1) is 17.0. The minimum atomic E-state index is -0.0845. The fourth-order valence-corrected chi connectivity index (χ4v) is 1.81. The van der Waals surface area contributed by atoms with Crippen LogP contribution in [-0.2, 0) is 4.79 Å². The van der Waals surface area contributed by atoms with E-state index in [1.54, 1.807) is 18.2 Å². The van der Waals surface area contributed by atoms with Gasteiger partial charge in [0.1, 0.15) is 0 Å². The third-order valence-electron chi connectivity index (χ3n) is 2.84. The number of rotatable bonds is 8. The molecule has 0 unspecified atom stereocenters. The minimum Gasteiger partial charge on any atom is -0.376 e. The van der Waals surface area contributed by atoms with Gasteiger partial charge in [0.05, 0.1) is 6.54 Å². The summed E-state index contributed by atoms with van der Waals surface area (Å²) in [5.41, 5.74) is 1.36. The van der Waals surface area contributed by atoms with E-state index in [0.717, 1.165) is 18.5 Å². The third kappa shape index (κ3) is 6.79. The van der Waals surface area contributed by atoms with Crippen LogP contribution in [0.4, 0.5) is 5.69 Å². The van der Waals surface area contributed by atoms with Gasteiger partial charge >= 0.3 is 0 Å². The summed E-state index contributed by atoms with van der Waals surface area (Å²) in [6, 6.07) is 7.28. The molecule has 1 rings (SSSR count). The molecule has 3 N–H and O–H groups in total. The monoisotopic (exact) mass is 291 g/mol. The van der Waals surface area contributed by atoms with Crippen LogP contribution in [0, 0.1) is 0 Å². The van der Waals surface area contributed by atoms with Gasteiger partial charge in [-0.1, -0.05) is 19.4 Å². The van der Waals surface area contributed by atoms with Crippen molar-refractivity contribution in [2.75, 3.05) is 18.4 Å². The lowest BCUT2D eigenvalue weighted by Crippen LogP contribution is -2.34. The van der Waals surface area contributed by atoms with E-state index in [9.17, 15) is 9.59 Å². The molecule has 0 fully saturated rings. The Morgan fingerprint density at radius 2 is 2.00 bits per heavy atom. The van der Waals surface area contributed by atoms with Crippen molar-refractivity contribution < 1.29 is 9.59 Å². The standard InChI is InChI=1S/C16H25N3O2/c1-4-5-9-17-16(21)13-7-6-8-14(10-13)18-11-15(20)19-12(2)3/h6-8,10,12,18H,4-5,9,11H2,1-3H3,(H,17,21)(H,19,20). The van der Waals surface area contributed by atoms with E-state index in [0.29, 0.717) is 12.1 Å². The minimum absolute atomic E-state index is 0.0669. The quantitative estimate of drug-likeness (QED) is 0.643. The van der Waals surface area contributed by atoms with Crippen molar-refractivity contribution in [2.45, 2.75) is 39.7 Å². The highest BCUT2D eigenvalue weighted by atomic mass is 16.2. The summed E-state index contributed by atoms with van der Waals surface area (Å²) < 4.78 is 0. The summed E-state index contributed by atoms with van der Waals surface area (Å²) in [5, 5.41) is 8.70. The number of benzene rings is 1. The molecule has 0 bridgehead atoms. The van der Waals surface area contributed by atoms with Gasteiger partial charge < -0.3 is 16.0 Å². The molecule has 21 heavy (non-hydrogen) atoms. The first-order valence-electron chi connectivity index (χ1n) is 7.44. The van der Waals surface area contributed by atoms with E-state index < -0.39 is 0 Å². The molecule has 1 aromatic carbocycles. The zero-order valence-electron chi connectivity index (χ0n) is 13.0. The Hall–Kier alpha value is -2.04. The summed E-state index contributed by atoms with van der Waals surface area (Å²) in [5.74, 6) is -0.151. The molecule has 1 aromatic rings. The van der Waals surface area contributed by atoms with E-state index in [-0.39, 0.29) is 24.4 Å². The summed E-state index contributed by atoms with van der Waals surface area (Å²) in [4.78, 5) is 23.5. The van der Waals surface area contributed by atoms with Gasteiger partial charge in [-0.05, 0) is 38.5 Å². The normalized spacial score (nSPS) is 10.3. The molecule has 5 nitrogen and oxygen atoms in total. The topological polar surface area (TPSA) is 70.2 Å². The molecule has 0 saturated carbocycles. The zero-order valence-corrected chi connectivity index (χ0v) is 13.0. The second kappa shape index (κ2) is 9.00. The molecule has 0 aromatic heterocycles. The molecule has 0 radical (unpaired) electrons. The highest BCUT2D eigenvalue weighted by Crippen LogP contribution is 2.10. The lowest BCUT2D eigenvalue weighted by Gasteiger charge is -2.11. The predicted molar refractivity (Wildman–Crippen MR) is 85.5 cm³/mol. The number of amides is 2. The van der Waals surface area contributed by atoms with E-state index >= 15 is 0 Å². The number of carbonyl (C=O) groups excluding carboxylic acids is 2. The summed E-state index contributed by atoms with van der Waals surface area (Å²) in [6.07, 6.45) is 2.02.